The van der Waals surface area contributed by atoms with Crippen LogP contribution >= 0.6 is 11.3 Å². The van der Waals surface area contributed by atoms with Crippen LogP contribution in [0.3, 0.4) is 0 Å². The minimum Gasteiger partial charge on any atom is -0.376 e. The Morgan fingerprint density at radius 2 is 2.12 bits per heavy atom. The first-order valence-electron chi connectivity index (χ1n) is 5.14. The lowest BCUT2D eigenvalue weighted by Gasteiger charge is -2.17. The molecule has 2 aromatic rings. The normalized spacial score (nSPS) is 10.0. The van der Waals surface area contributed by atoms with Gasteiger partial charge in [-0.15, -0.1) is 11.3 Å². The molecule has 0 fully saturated rings. The van der Waals surface area contributed by atoms with Gasteiger partial charge in [0.1, 0.15) is 5.69 Å². The number of amides is 1. The molecule has 0 aliphatic rings. The molecule has 1 amide bonds. The minimum absolute atomic E-state index is 0.180. The molecule has 0 aliphatic heterocycles. The molecule has 0 atom stereocenters. The number of aromatic nitrogens is 1. The third kappa shape index (κ3) is 2.62. The van der Waals surface area contributed by atoms with Crippen LogP contribution in [0.25, 0.3) is 0 Å². The van der Waals surface area contributed by atoms with Crippen LogP contribution in [0, 0.1) is 0 Å². The van der Waals surface area contributed by atoms with E-state index in [1.54, 1.807) is 10.9 Å². The van der Waals surface area contributed by atoms with E-state index >= 15 is 0 Å². The van der Waals surface area contributed by atoms with E-state index in [0.29, 0.717) is 5.69 Å². The van der Waals surface area contributed by atoms with Crippen LogP contribution in [-0.4, -0.2) is 25.0 Å². The number of hydrogen-bond acceptors (Lipinski definition) is 4. The van der Waals surface area contributed by atoms with Crippen LogP contribution in [0.4, 0.5) is 11.4 Å². The molecule has 2 rings (SSSR count). The van der Waals surface area contributed by atoms with E-state index < -0.39 is 0 Å². The number of nitrogens with one attached hydrogen (secondary N) is 1. The molecule has 4 nitrogen and oxygen atoms in total. The number of nitrogens with zero attached hydrogens (tertiary/aromatic N) is 2. The maximum absolute atomic E-state index is 11.9. The zero-order valence-corrected chi connectivity index (χ0v) is 10.5. The predicted octanol–water partition coefficient (Wildman–Crippen LogP) is 2.46. The second-order valence-corrected chi connectivity index (χ2v) is 4.46. The van der Waals surface area contributed by atoms with Gasteiger partial charge in [-0.3, -0.25) is 4.79 Å². The first-order chi connectivity index (χ1) is 8.18. The van der Waals surface area contributed by atoms with Gasteiger partial charge in [-0.2, -0.15) is 0 Å². The molecule has 17 heavy (non-hydrogen) atoms. The van der Waals surface area contributed by atoms with E-state index in [9.17, 15) is 4.79 Å². The van der Waals surface area contributed by atoms with E-state index in [2.05, 4.69) is 10.3 Å². The lowest BCUT2D eigenvalue weighted by atomic mass is 10.2. The Hall–Kier alpha value is -1.88. The molecule has 88 valence electrons. The summed E-state index contributed by atoms with van der Waals surface area (Å²) >= 11 is 1.41. The van der Waals surface area contributed by atoms with Crippen LogP contribution in [0.1, 0.15) is 10.5 Å². The molecule has 0 saturated heterocycles. The summed E-state index contributed by atoms with van der Waals surface area (Å²) in [5.74, 6) is -0.180. The predicted molar refractivity (Wildman–Crippen MR) is 70.8 cm³/mol. The number of thiazole rings is 1. The quantitative estimate of drug-likeness (QED) is 0.906. The van der Waals surface area contributed by atoms with Gasteiger partial charge in [0.15, 0.2) is 0 Å². The molecule has 0 radical (unpaired) electrons. The second kappa shape index (κ2) is 4.97. The van der Waals surface area contributed by atoms with Crippen molar-refractivity contribution in [2.45, 2.75) is 0 Å². The number of carbonyl (C=O) groups is 1. The molecule has 0 bridgehead atoms. The number of benzene rings is 1. The lowest BCUT2D eigenvalue weighted by molar-refractivity contribution is 0.102. The van der Waals surface area contributed by atoms with Gasteiger partial charge in [0, 0.05) is 19.5 Å². The highest BCUT2D eigenvalue weighted by Gasteiger charge is 2.10. The van der Waals surface area contributed by atoms with Crippen molar-refractivity contribution in [3.05, 3.63) is 40.8 Å². The molecule has 5 heteroatoms. The van der Waals surface area contributed by atoms with Gasteiger partial charge in [0.2, 0.25) is 0 Å². The van der Waals surface area contributed by atoms with E-state index in [1.807, 2.05) is 43.3 Å². The topological polar surface area (TPSA) is 45.2 Å². The zero-order chi connectivity index (χ0) is 12.3. The summed E-state index contributed by atoms with van der Waals surface area (Å²) in [4.78, 5) is 17.8. The van der Waals surface area contributed by atoms with Gasteiger partial charge >= 0.3 is 0 Å². The number of anilines is 2. The van der Waals surface area contributed by atoms with E-state index in [4.69, 9.17) is 0 Å². The molecule has 1 N–H and O–H groups in total. The van der Waals surface area contributed by atoms with E-state index in [1.165, 1.54) is 11.3 Å². The summed E-state index contributed by atoms with van der Waals surface area (Å²) in [6.45, 7) is 0. The Morgan fingerprint density at radius 3 is 2.76 bits per heavy atom. The first-order valence-corrected chi connectivity index (χ1v) is 6.08. The van der Waals surface area contributed by atoms with E-state index in [-0.39, 0.29) is 5.91 Å². The van der Waals surface area contributed by atoms with Crippen molar-refractivity contribution in [2.75, 3.05) is 24.3 Å². The maximum atomic E-state index is 11.9. The Kier molecular flexibility index (Phi) is 3.39. The average Bonchev–Trinajstić information content (AvgIpc) is 2.83. The van der Waals surface area contributed by atoms with Crippen molar-refractivity contribution in [3.8, 4) is 0 Å². The molecular weight excluding hydrogens is 234 g/mol. The van der Waals surface area contributed by atoms with Crippen LogP contribution in [0.15, 0.2) is 35.2 Å². The molecular formula is C12H13N3OS. The molecule has 0 unspecified atom stereocenters. The standard InChI is InChI=1S/C12H13N3OS/c1-15(2)11-6-4-3-5-9(11)14-12(16)10-7-17-8-13-10/h3-8H,1-2H3,(H,14,16). The van der Waals surface area contributed by atoms with Crippen molar-refractivity contribution in [1.29, 1.82) is 0 Å². The number of para-hydroxylation sites is 2. The van der Waals surface area contributed by atoms with Crippen LogP contribution in [0.5, 0.6) is 0 Å². The number of carbonyl (C=O) groups excluding carboxylic acids is 1. The maximum Gasteiger partial charge on any atom is 0.275 e. The Balaban J connectivity index is 2.22. The fourth-order valence-electron chi connectivity index (χ4n) is 1.48. The molecule has 1 aromatic heterocycles. The van der Waals surface area contributed by atoms with Crippen molar-refractivity contribution in [3.63, 3.8) is 0 Å². The Labute approximate surface area is 104 Å². The smallest absolute Gasteiger partial charge is 0.275 e. The number of rotatable bonds is 3. The van der Waals surface area contributed by atoms with Crippen LogP contribution in [0.2, 0.25) is 0 Å². The van der Waals surface area contributed by atoms with Gasteiger partial charge in [0.25, 0.3) is 5.91 Å². The lowest BCUT2D eigenvalue weighted by Crippen LogP contribution is -2.16. The van der Waals surface area contributed by atoms with Crippen LogP contribution in [-0.2, 0) is 0 Å². The second-order valence-electron chi connectivity index (χ2n) is 3.74. The fourth-order valence-corrected chi connectivity index (χ4v) is 2.01. The summed E-state index contributed by atoms with van der Waals surface area (Å²) in [7, 11) is 3.88. The summed E-state index contributed by atoms with van der Waals surface area (Å²) in [6, 6.07) is 7.66. The summed E-state index contributed by atoms with van der Waals surface area (Å²) in [6.07, 6.45) is 0. The summed E-state index contributed by atoms with van der Waals surface area (Å²) in [5.41, 5.74) is 3.85. The third-order valence-electron chi connectivity index (χ3n) is 2.30. The minimum atomic E-state index is -0.180. The SMILES string of the molecule is CN(C)c1ccccc1NC(=O)c1cscn1. The monoisotopic (exact) mass is 247 g/mol. The van der Waals surface area contributed by atoms with Crippen molar-refractivity contribution in [2.24, 2.45) is 0 Å². The summed E-state index contributed by atoms with van der Waals surface area (Å²) < 4.78 is 0. The van der Waals surface area contributed by atoms with E-state index in [0.717, 1.165) is 11.4 Å². The molecule has 1 heterocycles. The van der Waals surface area contributed by atoms with Gasteiger partial charge in [-0.05, 0) is 12.1 Å². The fraction of sp³-hybridized carbons (Fsp3) is 0.167. The first kappa shape index (κ1) is 11.6. The van der Waals surface area contributed by atoms with Crippen molar-refractivity contribution in [1.82, 2.24) is 4.98 Å². The summed E-state index contributed by atoms with van der Waals surface area (Å²) in [5, 5.41) is 4.59. The van der Waals surface area contributed by atoms with Crippen LogP contribution < -0.4 is 10.2 Å². The Bertz CT molecular complexity index is 508. The largest absolute Gasteiger partial charge is 0.376 e. The van der Waals surface area contributed by atoms with Gasteiger partial charge in [-0.25, -0.2) is 4.98 Å². The van der Waals surface area contributed by atoms with Crippen molar-refractivity contribution >= 4 is 28.6 Å². The number of hydrogen-bond donors (Lipinski definition) is 1. The van der Waals surface area contributed by atoms with Gasteiger partial charge < -0.3 is 10.2 Å². The Morgan fingerprint density at radius 1 is 1.35 bits per heavy atom. The highest BCUT2D eigenvalue weighted by atomic mass is 32.1. The molecule has 1 aromatic carbocycles. The average molecular weight is 247 g/mol. The van der Waals surface area contributed by atoms with Gasteiger partial charge in [-0.1, -0.05) is 12.1 Å². The van der Waals surface area contributed by atoms with Gasteiger partial charge in [0.05, 0.1) is 16.9 Å². The molecule has 0 aliphatic carbocycles. The van der Waals surface area contributed by atoms with Crippen molar-refractivity contribution < 1.29 is 4.79 Å². The zero-order valence-electron chi connectivity index (χ0n) is 9.68. The molecule has 0 saturated carbocycles. The third-order valence-corrected chi connectivity index (χ3v) is 2.89. The highest BCUT2D eigenvalue weighted by Crippen LogP contribution is 2.23. The highest BCUT2D eigenvalue weighted by molar-refractivity contribution is 7.07. The molecule has 0 spiro atoms.